The average molecular weight is 267 g/mol. The second-order valence-corrected chi connectivity index (χ2v) is 4.29. The van der Waals surface area contributed by atoms with E-state index in [1.54, 1.807) is 13.2 Å². The molecule has 0 amide bonds. The van der Waals surface area contributed by atoms with Crippen molar-refractivity contribution in [1.29, 1.82) is 0 Å². The molecular weight excluding hydrogens is 249 g/mol. The van der Waals surface area contributed by atoms with E-state index in [0.717, 1.165) is 11.8 Å². The third-order valence-electron chi connectivity index (χ3n) is 2.84. The smallest absolute Gasteiger partial charge is 0.328 e. The van der Waals surface area contributed by atoms with E-state index in [4.69, 9.17) is 9.84 Å². The molecule has 4 nitrogen and oxygen atoms in total. The first-order valence-corrected chi connectivity index (χ1v) is 5.88. The van der Waals surface area contributed by atoms with Gasteiger partial charge in [-0.3, -0.25) is 0 Å². The summed E-state index contributed by atoms with van der Waals surface area (Å²) in [5, 5.41) is 8.65. The van der Waals surface area contributed by atoms with E-state index in [9.17, 15) is 9.18 Å². The predicted octanol–water partition coefficient (Wildman–Crippen LogP) is 2.39. The number of nitrogens with zero attached hydrogens (tertiary/aromatic N) is 1. The lowest BCUT2D eigenvalue weighted by atomic mass is 10.1. The average Bonchev–Trinajstić information content (AvgIpc) is 2.36. The lowest BCUT2D eigenvalue weighted by Crippen LogP contribution is -2.33. The summed E-state index contributed by atoms with van der Waals surface area (Å²) < 4.78 is 18.3. The maximum atomic E-state index is 13.3. The topological polar surface area (TPSA) is 49.8 Å². The van der Waals surface area contributed by atoms with Gasteiger partial charge in [0, 0.05) is 37.5 Å². The van der Waals surface area contributed by atoms with E-state index in [0.29, 0.717) is 12.2 Å². The Labute approximate surface area is 112 Å². The summed E-state index contributed by atoms with van der Waals surface area (Å²) in [6.07, 6.45) is 2.38. The Kier molecular flexibility index (Phi) is 5.51. The maximum absolute atomic E-state index is 13.3. The van der Waals surface area contributed by atoms with Crippen molar-refractivity contribution in [2.45, 2.75) is 13.0 Å². The fourth-order valence-electron chi connectivity index (χ4n) is 1.73. The van der Waals surface area contributed by atoms with Crippen LogP contribution in [0.4, 0.5) is 10.1 Å². The number of likely N-dealkylation sites (N-methyl/N-ethyl adjacent to an activating group) is 1. The van der Waals surface area contributed by atoms with Gasteiger partial charge in [-0.05, 0) is 31.2 Å². The van der Waals surface area contributed by atoms with Crippen LogP contribution in [-0.4, -0.2) is 37.9 Å². The zero-order chi connectivity index (χ0) is 14.4. The highest BCUT2D eigenvalue weighted by Crippen LogP contribution is 2.23. The molecule has 1 unspecified atom stereocenters. The summed E-state index contributed by atoms with van der Waals surface area (Å²) in [6.45, 7) is 2.49. The van der Waals surface area contributed by atoms with Gasteiger partial charge in [-0.15, -0.1) is 0 Å². The Morgan fingerprint density at radius 3 is 2.84 bits per heavy atom. The van der Waals surface area contributed by atoms with Gasteiger partial charge < -0.3 is 14.7 Å². The van der Waals surface area contributed by atoms with Crippen molar-refractivity contribution < 1.29 is 19.0 Å². The molecular formula is C14H18FNO3. The third kappa shape index (κ3) is 4.37. The van der Waals surface area contributed by atoms with Crippen molar-refractivity contribution in [3.63, 3.8) is 0 Å². The molecule has 1 aromatic carbocycles. The molecule has 0 spiro atoms. The van der Waals surface area contributed by atoms with Gasteiger partial charge in [0.2, 0.25) is 0 Å². The highest BCUT2D eigenvalue weighted by Gasteiger charge is 2.13. The highest BCUT2D eigenvalue weighted by atomic mass is 19.1. The number of rotatable bonds is 6. The molecule has 1 aromatic rings. The van der Waals surface area contributed by atoms with Crippen LogP contribution in [0.2, 0.25) is 0 Å². The molecule has 0 bridgehead atoms. The van der Waals surface area contributed by atoms with Crippen molar-refractivity contribution in [2.24, 2.45) is 0 Å². The first-order valence-electron chi connectivity index (χ1n) is 5.88. The van der Waals surface area contributed by atoms with E-state index < -0.39 is 11.8 Å². The molecule has 0 heterocycles. The van der Waals surface area contributed by atoms with E-state index in [-0.39, 0.29) is 6.04 Å². The Balaban J connectivity index is 3.08. The minimum Gasteiger partial charge on any atom is -0.478 e. The van der Waals surface area contributed by atoms with Gasteiger partial charge in [-0.2, -0.15) is 0 Å². The molecule has 1 atom stereocenters. The Morgan fingerprint density at radius 1 is 1.58 bits per heavy atom. The summed E-state index contributed by atoms with van der Waals surface area (Å²) in [5.41, 5.74) is 1.27. The summed E-state index contributed by atoms with van der Waals surface area (Å²) in [7, 11) is 3.47. The SMILES string of the molecule is COCC(C)N(C)c1ccc(F)cc1/C=C/C(=O)O. The van der Waals surface area contributed by atoms with Crippen molar-refractivity contribution in [3.8, 4) is 0 Å². The van der Waals surface area contributed by atoms with Gasteiger partial charge in [0.25, 0.3) is 0 Å². The van der Waals surface area contributed by atoms with Crippen LogP contribution in [0.1, 0.15) is 12.5 Å². The number of halogens is 1. The van der Waals surface area contributed by atoms with Gasteiger partial charge >= 0.3 is 5.97 Å². The summed E-state index contributed by atoms with van der Waals surface area (Å²) >= 11 is 0. The predicted molar refractivity (Wildman–Crippen MR) is 72.8 cm³/mol. The van der Waals surface area contributed by atoms with Crippen molar-refractivity contribution in [1.82, 2.24) is 0 Å². The first-order chi connectivity index (χ1) is 8.95. The quantitative estimate of drug-likeness (QED) is 0.804. The second-order valence-electron chi connectivity index (χ2n) is 4.29. The lowest BCUT2D eigenvalue weighted by molar-refractivity contribution is -0.131. The molecule has 1 N–H and O–H groups in total. The lowest BCUT2D eigenvalue weighted by Gasteiger charge is -2.28. The molecule has 0 aliphatic heterocycles. The van der Waals surface area contributed by atoms with Gasteiger partial charge in [-0.25, -0.2) is 9.18 Å². The van der Waals surface area contributed by atoms with Gasteiger partial charge in [0.1, 0.15) is 5.82 Å². The van der Waals surface area contributed by atoms with Gasteiger partial charge in [0.05, 0.1) is 6.61 Å². The molecule has 0 saturated heterocycles. The van der Waals surface area contributed by atoms with Crippen molar-refractivity contribution >= 4 is 17.7 Å². The number of carboxylic acid groups (broad SMARTS) is 1. The molecule has 19 heavy (non-hydrogen) atoms. The van der Waals surface area contributed by atoms with Crippen molar-refractivity contribution in [3.05, 3.63) is 35.7 Å². The number of hydrogen-bond donors (Lipinski definition) is 1. The maximum Gasteiger partial charge on any atom is 0.328 e. The molecule has 0 aromatic heterocycles. The minimum atomic E-state index is -1.07. The summed E-state index contributed by atoms with van der Waals surface area (Å²) in [4.78, 5) is 12.5. The Morgan fingerprint density at radius 2 is 2.26 bits per heavy atom. The molecule has 0 saturated carbocycles. The Hall–Kier alpha value is -1.88. The number of anilines is 1. The highest BCUT2D eigenvalue weighted by molar-refractivity contribution is 5.87. The number of benzene rings is 1. The zero-order valence-electron chi connectivity index (χ0n) is 11.3. The van der Waals surface area contributed by atoms with Crippen LogP contribution >= 0.6 is 0 Å². The summed E-state index contributed by atoms with van der Waals surface area (Å²) in [6, 6.07) is 4.38. The number of hydrogen-bond acceptors (Lipinski definition) is 3. The fourth-order valence-corrected chi connectivity index (χ4v) is 1.73. The molecule has 0 fully saturated rings. The summed E-state index contributed by atoms with van der Waals surface area (Å²) in [5.74, 6) is -1.47. The monoisotopic (exact) mass is 267 g/mol. The van der Waals surface area contributed by atoms with E-state index >= 15 is 0 Å². The third-order valence-corrected chi connectivity index (χ3v) is 2.84. The first kappa shape index (κ1) is 15.2. The number of carboxylic acids is 1. The van der Waals surface area contributed by atoms with Crippen molar-refractivity contribution in [2.75, 3.05) is 25.7 Å². The standard InChI is InChI=1S/C14H18FNO3/c1-10(9-19-3)16(2)13-6-5-12(15)8-11(13)4-7-14(17)18/h4-8,10H,9H2,1-3H3,(H,17,18)/b7-4+. The van der Waals surface area contributed by atoms with Crippen LogP contribution < -0.4 is 4.90 Å². The number of carbonyl (C=O) groups is 1. The van der Waals surface area contributed by atoms with Crippen LogP contribution in [0.3, 0.4) is 0 Å². The zero-order valence-corrected chi connectivity index (χ0v) is 11.3. The van der Waals surface area contributed by atoms with Crippen LogP contribution in [0.25, 0.3) is 6.08 Å². The van der Waals surface area contributed by atoms with E-state index in [1.807, 2.05) is 18.9 Å². The molecule has 0 aliphatic rings. The second kappa shape index (κ2) is 6.89. The number of ether oxygens (including phenoxy) is 1. The number of aliphatic carboxylic acids is 1. The van der Waals surface area contributed by atoms with Gasteiger partial charge in [-0.1, -0.05) is 0 Å². The molecule has 0 aliphatic carbocycles. The van der Waals surface area contributed by atoms with Crippen LogP contribution in [0, 0.1) is 5.82 Å². The largest absolute Gasteiger partial charge is 0.478 e. The minimum absolute atomic E-state index is 0.0902. The van der Waals surface area contributed by atoms with E-state index in [1.165, 1.54) is 18.2 Å². The normalized spacial score (nSPS) is 12.6. The van der Waals surface area contributed by atoms with E-state index in [2.05, 4.69) is 0 Å². The molecule has 104 valence electrons. The molecule has 1 rings (SSSR count). The van der Waals surface area contributed by atoms with Crippen LogP contribution in [0.5, 0.6) is 0 Å². The van der Waals surface area contributed by atoms with Crippen LogP contribution in [0.15, 0.2) is 24.3 Å². The molecule has 5 heteroatoms. The molecule has 0 radical (unpaired) electrons. The Bertz CT molecular complexity index is 474. The van der Waals surface area contributed by atoms with Gasteiger partial charge in [0.15, 0.2) is 0 Å². The van der Waals surface area contributed by atoms with Crippen LogP contribution in [-0.2, 0) is 9.53 Å². The number of methoxy groups -OCH3 is 1. The fraction of sp³-hybridized carbons (Fsp3) is 0.357.